The van der Waals surface area contributed by atoms with Crippen LogP contribution in [0.25, 0.3) is 0 Å². The molecule has 2 aromatic rings. The van der Waals surface area contributed by atoms with E-state index in [-0.39, 0.29) is 5.78 Å². The van der Waals surface area contributed by atoms with Crippen molar-refractivity contribution in [2.75, 3.05) is 18.1 Å². The Kier molecular flexibility index (Phi) is 4.03. The number of H-pyrrole nitrogens is 1. The molecule has 2 rings (SSSR count). The normalized spacial score (nSPS) is 10.6. The summed E-state index contributed by atoms with van der Waals surface area (Å²) in [4.78, 5) is 15.2. The van der Waals surface area contributed by atoms with Crippen molar-refractivity contribution < 1.29 is 4.79 Å². The molecule has 0 atom stereocenters. The zero-order chi connectivity index (χ0) is 13.1. The molecular weight excluding hydrogens is 268 g/mol. The van der Waals surface area contributed by atoms with Crippen LogP contribution < -0.4 is 5.32 Å². The standard InChI is InChI=1S/C11H14N4OS2/c1-6-4-8(7(2)13-6)9(16)5-17-11-15-14-10(12-3)18-11/h4,13H,5H2,1-3H3,(H,12,14). The van der Waals surface area contributed by atoms with Gasteiger partial charge in [-0.3, -0.25) is 4.79 Å². The van der Waals surface area contributed by atoms with Gasteiger partial charge in [-0.05, 0) is 19.9 Å². The lowest BCUT2D eigenvalue weighted by Gasteiger charge is -1.97. The van der Waals surface area contributed by atoms with Crippen molar-refractivity contribution in [3.8, 4) is 0 Å². The SMILES string of the molecule is CNc1nnc(SCC(=O)c2cc(C)[nH]c2C)s1. The lowest BCUT2D eigenvalue weighted by Crippen LogP contribution is -2.02. The zero-order valence-electron chi connectivity index (χ0n) is 10.4. The third kappa shape index (κ3) is 2.91. The van der Waals surface area contributed by atoms with E-state index in [1.165, 1.54) is 23.1 Å². The second-order valence-corrected chi connectivity index (χ2v) is 6.03. The summed E-state index contributed by atoms with van der Waals surface area (Å²) in [6, 6.07) is 1.89. The van der Waals surface area contributed by atoms with E-state index >= 15 is 0 Å². The van der Waals surface area contributed by atoms with Gasteiger partial charge in [0.15, 0.2) is 10.1 Å². The van der Waals surface area contributed by atoms with E-state index in [4.69, 9.17) is 0 Å². The minimum atomic E-state index is 0.114. The Morgan fingerprint density at radius 1 is 1.50 bits per heavy atom. The minimum Gasteiger partial charge on any atom is -0.363 e. The highest BCUT2D eigenvalue weighted by Gasteiger charge is 2.13. The molecule has 0 amide bonds. The predicted molar refractivity (Wildman–Crippen MR) is 74.8 cm³/mol. The first-order valence-electron chi connectivity index (χ1n) is 5.43. The molecule has 2 heterocycles. The van der Waals surface area contributed by atoms with Gasteiger partial charge in [-0.25, -0.2) is 0 Å². The molecular formula is C11H14N4OS2. The minimum absolute atomic E-state index is 0.114. The zero-order valence-corrected chi connectivity index (χ0v) is 12.0. The Balaban J connectivity index is 1.98. The molecule has 0 aliphatic rings. The Morgan fingerprint density at radius 3 is 2.83 bits per heavy atom. The van der Waals surface area contributed by atoms with Crippen molar-refractivity contribution in [2.45, 2.75) is 18.2 Å². The summed E-state index contributed by atoms with van der Waals surface area (Å²) in [6.45, 7) is 3.86. The number of aromatic amines is 1. The maximum atomic E-state index is 12.0. The Hall–Kier alpha value is -1.34. The molecule has 96 valence electrons. The van der Waals surface area contributed by atoms with Crippen LogP contribution >= 0.6 is 23.1 Å². The van der Waals surface area contributed by atoms with Gasteiger partial charge >= 0.3 is 0 Å². The van der Waals surface area contributed by atoms with Gasteiger partial charge in [0.2, 0.25) is 5.13 Å². The number of nitrogens with zero attached hydrogens (tertiary/aromatic N) is 2. The number of carbonyl (C=O) groups is 1. The molecule has 0 saturated heterocycles. The van der Waals surface area contributed by atoms with Crippen LogP contribution in [-0.4, -0.2) is 33.8 Å². The number of hydrogen-bond donors (Lipinski definition) is 2. The van der Waals surface area contributed by atoms with Gasteiger partial charge < -0.3 is 10.3 Å². The van der Waals surface area contributed by atoms with E-state index in [2.05, 4.69) is 20.5 Å². The van der Waals surface area contributed by atoms with Crippen LogP contribution in [0, 0.1) is 13.8 Å². The largest absolute Gasteiger partial charge is 0.363 e. The average Bonchev–Trinajstić information content (AvgIpc) is 2.92. The molecule has 18 heavy (non-hydrogen) atoms. The van der Waals surface area contributed by atoms with Gasteiger partial charge in [0, 0.05) is 24.0 Å². The Bertz CT molecular complexity index is 561. The first-order valence-corrected chi connectivity index (χ1v) is 7.24. The summed E-state index contributed by atoms with van der Waals surface area (Å²) in [6.07, 6.45) is 0. The molecule has 0 fully saturated rings. The third-order valence-corrected chi connectivity index (χ3v) is 4.47. The van der Waals surface area contributed by atoms with Crippen LogP contribution in [0.2, 0.25) is 0 Å². The molecule has 2 N–H and O–H groups in total. The average molecular weight is 282 g/mol. The van der Waals surface area contributed by atoms with E-state index in [0.29, 0.717) is 5.75 Å². The van der Waals surface area contributed by atoms with Gasteiger partial charge in [0.25, 0.3) is 0 Å². The maximum absolute atomic E-state index is 12.0. The van der Waals surface area contributed by atoms with Gasteiger partial charge in [-0.1, -0.05) is 23.1 Å². The summed E-state index contributed by atoms with van der Waals surface area (Å²) in [7, 11) is 1.80. The van der Waals surface area contributed by atoms with Crippen molar-refractivity contribution in [1.29, 1.82) is 0 Å². The maximum Gasteiger partial charge on any atom is 0.206 e. The first-order chi connectivity index (χ1) is 8.60. The smallest absolute Gasteiger partial charge is 0.206 e. The lowest BCUT2D eigenvalue weighted by atomic mass is 10.2. The van der Waals surface area contributed by atoms with Crippen LogP contribution in [0.5, 0.6) is 0 Å². The van der Waals surface area contributed by atoms with E-state index in [1.807, 2.05) is 19.9 Å². The van der Waals surface area contributed by atoms with E-state index in [9.17, 15) is 4.79 Å². The lowest BCUT2D eigenvalue weighted by molar-refractivity contribution is 0.102. The highest BCUT2D eigenvalue weighted by molar-refractivity contribution is 8.01. The fourth-order valence-electron chi connectivity index (χ4n) is 1.59. The van der Waals surface area contributed by atoms with Crippen molar-refractivity contribution in [2.24, 2.45) is 0 Å². The molecule has 0 bridgehead atoms. The van der Waals surface area contributed by atoms with Crippen LogP contribution in [-0.2, 0) is 0 Å². The topological polar surface area (TPSA) is 70.7 Å². The van der Waals surface area contributed by atoms with Crippen molar-refractivity contribution in [1.82, 2.24) is 15.2 Å². The monoisotopic (exact) mass is 282 g/mol. The van der Waals surface area contributed by atoms with Crippen LogP contribution in [0.3, 0.4) is 0 Å². The van der Waals surface area contributed by atoms with Crippen molar-refractivity contribution >= 4 is 34.0 Å². The molecule has 0 aromatic carbocycles. The molecule has 0 unspecified atom stereocenters. The number of thioether (sulfide) groups is 1. The Labute approximate surface area is 113 Å². The van der Waals surface area contributed by atoms with E-state index < -0.39 is 0 Å². The fourth-order valence-corrected chi connectivity index (χ4v) is 3.18. The molecule has 0 aliphatic heterocycles. The predicted octanol–water partition coefficient (Wildman–Crippen LogP) is 2.50. The van der Waals surface area contributed by atoms with E-state index in [1.54, 1.807) is 7.05 Å². The molecule has 2 aromatic heterocycles. The van der Waals surface area contributed by atoms with Crippen molar-refractivity contribution in [3.05, 3.63) is 23.0 Å². The van der Waals surface area contributed by atoms with Gasteiger partial charge in [0.05, 0.1) is 5.75 Å². The molecule has 5 nitrogen and oxygen atoms in total. The summed E-state index contributed by atoms with van der Waals surface area (Å²) in [5.74, 6) is 0.499. The van der Waals surface area contributed by atoms with Crippen LogP contribution in [0.15, 0.2) is 10.4 Å². The number of aromatic nitrogens is 3. The van der Waals surface area contributed by atoms with Crippen molar-refractivity contribution in [3.63, 3.8) is 0 Å². The molecule has 7 heteroatoms. The molecule has 0 aliphatic carbocycles. The highest BCUT2D eigenvalue weighted by Crippen LogP contribution is 2.26. The van der Waals surface area contributed by atoms with Gasteiger partial charge in [-0.2, -0.15) is 0 Å². The van der Waals surface area contributed by atoms with Crippen LogP contribution in [0.1, 0.15) is 21.7 Å². The van der Waals surface area contributed by atoms with Crippen LogP contribution in [0.4, 0.5) is 5.13 Å². The number of carbonyl (C=O) groups excluding carboxylic acids is 1. The number of aryl methyl sites for hydroxylation is 2. The number of rotatable bonds is 5. The number of anilines is 1. The second kappa shape index (κ2) is 5.53. The van der Waals surface area contributed by atoms with Gasteiger partial charge in [0.1, 0.15) is 0 Å². The summed E-state index contributed by atoms with van der Waals surface area (Å²) in [5, 5.41) is 11.6. The molecule has 0 radical (unpaired) electrons. The highest BCUT2D eigenvalue weighted by atomic mass is 32.2. The van der Waals surface area contributed by atoms with E-state index in [0.717, 1.165) is 26.4 Å². The first kappa shape index (κ1) is 13.1. The summed E-state index contributed by atoms with van der Waals surface area (Å²) < 4.78 is 0.803. The number of nitrogens with one attached hydrogen (secondary N) is 2. The molecule has 0 spiro atoms. The summed E-state index contributed by atoms with van der Waals surface area (Å²) in [5.41, 5.74) is 2.69. The number of hydrogen-bond acceptors (Lipinski definition) is 6. The number of Topliss-reactive ketones (excluding diaryl/α,β-unsaturated/α-hetero) is 1. The summed E-state index contributed by atoms with van der Waals surface area (Å²) >= 11 is 2.87. The molecule has 0 saturated carbocycles. The number of ketones is 1. The second-order valence-electron chi connectivity index (χ2n) is 3.83. The quantitative estimate of drug-likeness (QED) is 0.651. The van der Waals surface area contributed by atoms with Gasteiger partial charge in [-0.15, -0.1) is 10.2 Å². The Morgan fingerprint density at radius 2 is 2.28 bits per heavy atom. The fraction of sp³-hybridized carbons (Fsp3) is 0.364. The third-order valence-electron chi connectivity index (χ3n) is 2.40.